The Morgan fingerprint density at radius 1 is 1.29 bits per heavy atom. The van der Waals surface area contributed by atoms with Crippen LogP contribution in [0.15, 0.2) is 36.5 Å². The lowest BCUT2D eigenvalue weighted by Crippen LogP contribution is -2.12. The second-order valence-electron chi connectivity index (χ2n) is 5.71. The van der Waals surface area contributed by atoms with Gasteiger partial charge < -0.3 is 15.0 Å². The lowest BCUT2D eigenvalue weighted by molar-refractivity contribution is -0.137. The number of carbonyl (C=O) groups excluding carboxylic acids is 1. The van der Waals surface area contributed by atoms with Crippen molar-refractivity contribution in [1.82, 2.24) is 19.7 Å². The van der Waals surface area contributed by atoms with Crippen LogP contribution in [0.3, 0.4) is 0 Å². The Labute approximate surface area is 161 Å². The van der Waals surface area contributed by atoms with E-state index in [2.05, 4.69) is 15.2 Å². The third-order valence-corrected chi connectivity index (χ3v) is 4.14. The van der Waals surface area contributed by atoms with Crippen molar-refractivity contribution in [2.24, 2.45) is 12.8 Å². The fourth-order valence-electron chi connectivity index (χ4n) is 2.45. The van der Waals surface area contributed by atoms with Crippen molar-refractivity contribution in [2.45, 2.75) is 12.8 Å². The topological polar surface area (TPSA) is 95.9 Å². The summed E-state index contributed by atoms with van der Waals surface area (Å²) in [5, 5.41) is 7.79. The molecule has 0 spiro atoms. The fourth-order valence-corrected chi connectivity index (χ4v) is 2.67. The Morgan fingerprint density at radius 2 is 2.00 bits per heavy atom. The van der Waals surface area contributed by atoms with E-state index in [1.54, 1.807) is 0 Å². The van der Waals surface area contributed by atoms with Crippen molar-refractivity contribution in [3.05, 3.63) is 58.5 Å². The molecule has 1 aromatic carbocycles. The molecule has 146 valence electrons. The maximum atomic E-state index is 13.2. The molecular formula is C17H13ClF3N5O2. The summed E-state index contributed by atoms with van der Waals surface area (Å²) in [4.78, 5) is 15.0. The van der Waals surface area contributed by atoms with E-state index >= 15 is 0 Å². The number of hydrogen-bond donors (Lipinski definition) is 1. The average Bonchev–Trinajstić information content (AvgIpc) is 3.00. The molecule has 0 saturated carbocycles. The molecule has 0 fully saturated rings. The highest BCUT2D eigenvalue weighted by Crippen LogP contribution is 2.36. The van der Waals surface area contributed by atoms with Crippen LogP contribution in [0.1, 0.15) is 21.7 Å². The van der Waals surface area contributed by atoms with Gasteiger partial charge in [0.2, 0.25) is 11.8 Å². The van der Waals surface area contributed by atoms with Crippen LogP contribution >= 0.6 is 11.6 Å². The van der Waals surface area contributed by atoms with E-state index < -0.39 is 17.6 Å². The Bertz CT molecular complexity index is 1040. The second-order valence-corrected chi connectivity index (χ2v) is 6.11. The first-order valence-corrected chi connectivity index (χ1v) is 8.19. The standard InChI is InChI=1S/C17H13ClF3N5O2/c1-26-13(8-28-16-12(18)6-9(7-23-16)14(22)27)24-25-15(26)10-4-2-3-5-11(10)17(19,20)21/h2-7H,8H2,1H3,(H2,22,27). The Hall–Kier alpha value is -3.14. The smallest absolute Gasteiger partial charge is 0.417 e. The van der Waals surface area contributed by atoms with Crippen LogP contribution < -0.4 is 10.5 Å². The van der Waals surface area contributed by atoms with Crippen molar-refractivity contribution in [1.29, 1.82) is 0 Å². The Balaban J connectivity index is 1.85. The lowest BCUT2D eigenvalue weighted by Gasteiger charge is -2.12. The third kappa shape index (κ3) is 3.91. The molecule has 1 amide bonds. The van der Waals surface area contributed by atoms with Gasteiger partial charge in [-0.15, -0.1) is 10.2 Å². The van der Waals surface area contributed by atoms with Crippen LogP contribution in [0.25, 0.3) is 11.4 Å². The molecule has 0 bridgehead atoms. The maximum Gasteiger partial charge on any atom is 0.417 e. The van der Waals surface area contributed by atoms with E-state index in [1.807, 2.05) is 0 Å². The summed E-state index contributed by atoms with van der Waals surface area (Å²) in [5.41, 5.74) is 4.34. The van der Waals surface area contributed by atoms with Crippen LogP contribution in [0, 0.1) is 0 Å². The number of aromatic nitrogens is 4. The Morgan fingerprint density at radius 3 is 2.64 bits per heavy atom. The summed E-state index contributed by atoms with van der Waals surface area (Å²) in [6.45, 7) is -0.152. The number of nitrogens with zero attached hydrogens (tertiary/aromatic N) is 4. The molecule has 0 radical (unpaired) electrons. The predicted molar refractivity (Wildman–Crippen MR) is 93.5 cm³/mol. The summed E-state index contributed by atoms with van der Waals surface area (Å²) in [6.07, 6.45) is -3.33. The molecule has 0 aliphatic heterocycles. The average molecular weight is 412 g/mol. The van der Waals surface area contributed by atoms with Gasteiger partial charge in [0.05, 0.1) is 11.1 Å². The van der Waals surface area contributed by atoms with Crippen LogP contribution in [-0.4, -0.2) is 25.7 Å². The maximum absolute atomic E-state index is 13.2. The number of pyridine rings is 1. The zero-order valence-electron chi connectivity index (χ0n) is 14.4. The van der Waals surface area contributed by atoms with Gasteiger partial charge in [-0.25, -0.2) is 4.98 Å². The van der Waals surface area contributed by atoms with Crippen molar-refractivity contribution in [3.8, 4) is 17.3 Å². The van der Waals surface area contributed by atoms with E-state index in [4.69, 9.17) is 22.1 Å². The molecule has 3 aromatic rings. The molecule has 2 heterocycles. The van der Waals surface area contributed by atoms with Gasteiger partial charge in [0.1, 0.15) is 11.6 Å². The molecule has 2 aromatic heterocycles. The molecule has 3 rings (SSSR count). The number of alkyl halides is 3. The van der Waals surface area contributed by atoms with Gasteiger partial charge in [0, 0.05) is 18.8 Å². The first-order valence-electron chi connectivity index (χ1n) is 7.81. The zero-order chi connectivity index (χ0) is 20.5. The number of primary amides is 1. The minimum atomic E-state index is -4.53. The number of nitrogens with two attached hydrogens (primary N) is 1. The molecule has 28 heavy (non-hydrogen) atoms. The number of ether oxygens (including phenoxy) is 1. The summed E-state index contributed by atoms with van der Waals surface area (Å²) in [5.74, 6) is -0.382. The number of rotatable bonds is 5. The monoisotopic (exact) mass is 411 g/mol. The number of benzene rings is 1. The van der Waals surface area contributed by atoms with Crippen molar-refractivity contribution in [3.63, 3.8) is 0 Å². The molecule has 7 nitrogen and oxygen atoms in total. The summed E-state index contributed by atoms with van der Waals surface area (Å²) in [6, 6.07) is 6.38. The van der Waals surface area contributed by atoms with Gasteiger partial charge in [-0.3, -0.25) is 4.79 Å². The second kappa shape index (κ2) is 7.47. The number of halogens is 4. The molecule has 11 heteroatoms. The van der Waals surface area contributed by atoms with Crippen molar-refractivity contribution >= 4 is 17.5 Å². The van der Waals surface area contributed by atoms with E-state index in [1.165, 1.54) is 42.1 Å². The minimum absolute atomic E-state index is 0.0203. The van der Waals surface area contributed by atoms with Crippen molar-refractivity contribution in [2.75, 3.05) is 0 Å². The molecular weight excluding hydrogens is 399 g/mol. The van der Waals surface area contributed by atoms with E-state index in [9.17, 15) is 18.0 Å². The first-order chi connectivity index (χ1) is 13.2. The van der Waals surface area contributed by atoms with Gasteiger partial charge >= 0.3 is 6.18 Å². The minimum Gasteiger partial charge on any atom is -0.468 e. The molecule has 0 saturated heterocycles. The first kappa shape index (κ1) is 19.6. The van der Waals surface area contributed by atoms with Gasteiger partial charge in [-0.05, 0) is 12.1 Å². The van der Waals surface area contributed by atoms with Gasteiger partial charge in [-0.1, -0.05) is 29.8 Å². The molecule has 0 unspecified atom stereocenters. The summed E-state index contributed by atoms with van der Waals surface area (Å²) < 4.78 is 46.5. The predicted octanol–water partition coefficient (Wildman–Crippen LogP) is 3.23. The largest absolute Gasteiger partial charge is 0.468 e. The van der Waals surface area contributed by atoms with Crippen LogP contribution in [0.5, 0.6) is 5.88 Å². The molecule has 0 aliphatic rings. The zero-order valence-corrected chi connectivity index (χ0v) is 15.1. The Kier molecular flexibility index (Phi) is 5.23. The molecule has 0 aliphatic carbocycles. The van der Waals surface area contributed by atoms with Crippen LogP contribution in [-0.2, 0) is 19.8 Å². The van der Waals surface area contributed by atoms with Gasteiger partial charge in [0.15, 0.2) is 11.6 Å². The number of amides is 1. The highest BCUT2D eigenvalue weighted by Gasteiger charge is 2.34. The summed E-state index contributed by atoms with van der Waals surface area (Å²) in [7, 11) is 1.52. The normalized spacial score (nSPS) is 11.5. The third-order valence-electron chi connectivity index (χ3n) is 3.87. The van der Waals surface area contributed by atoms with E-state index in [-0.39, 0.29) is 40.3 Å². The number of carbonyl (C=O) groups is 1. The lowest BCUT2D eigenvalue weighted by atomic mass is 10.1. The quantitative estimate of drug-likeness (QED) is 0.695. The number of hydrogen-bond acceptors (Lipinski definition) is 5. The highest BCUT2D eigenvalue weighted by atomic mass is 35.5. The van der Waals surface area contributed by atoms with Gasteiger partial charge in [0.25, 0.3) is 0 Å². The van der Waals surface area contributed by atoms with Gasteiger partial charge in [-0.2, -0.15) is 13.2 Å². The highest BCUT2D eigenvalue weighted by molar-refractivity contribution is 6.32. The fraction of sp³-hybridized carbons (Fsp3) is 0.176. The van der Waals surface area contributed by atoms with Crippen LogP contribution in [0.4, 0.5) is 13.2 Å². The van der Waals surface area contributed by atoms with Crippen LogP contribution in [0.2, 0.25) is 5.02 Å². The SMILES string of the molecule is Cn1c(COc2ncc(C(N)=O)cc2Cl)nnc1-c1ccccc1C(F)(F)F. The van der Waals surface area contributed by atoms with E-state index in [0.29, 0.717) is 0 Å². The van der Waals surface area contributed by atoms with Crippen molar-refractivity contribution < 1.29 is 22.7 Å². The molecule has 2 N–H and O–H groups in total. The van der Waals surface area contributed by atoms with E-state index in [0.717, 1.165) is 6.07 Å². The molecule has 0 atom stereocenters. The summed E-state index contributed by atoms with van der Waals surface area (Å²) >= 11 is 5.99.